The standard InChI is InChI=1S/C21H24BrClN3O4.Po/c1-21(2,3)30-20(29)26-7-5-4-6-13(26)8-14(27)11-25-12-24-18-10-16(22)17(23)9-15(18)19(25)28;/h6,9-10,12-13H,4-5,7-8,11H2,1-3H3;/t13-;/m0./s1. The first-order valence-corrected chi connectivity index (χ1v) is 13.0. The maximum absolute atomic E-state index is 12.9. The van der Waals surface area contributed by atoms with E-state index in [-0.39, 0.29) is 40.0 Å². The number of likely N-dealkylation sites (tertiary alicyclic amines) is 1. The van der Waals surface area contributed by atoms with Crippen molar-refractivity contribution in [3.8, 4) is 0 Å². The Bertz CT molecular complexity index is 1070. The molecule has 2 atom stereocenters. The number of rotatable bonds is 4. The second-order valence-electron chi connectivity index (χ2n) is 8.63. The molecule has 0 saturated carbocycles. The summed E-state index contributed by atoms with van der Waals surface area (Å²) in [6.45, 7) is 5.95. The van der Waals surface area contributed by atoms with Crippen LogP contribution in [0.2, 0.25) is 8.60 Å². The molecule has 1 aliphatic heterocycles. The van der Waals surface area contributed by atoms with Gasteiger partial charge in [-0.25, -0.2) is 0 Å². The van der Waals surface area contributed by atoms with Crippen molar-refractivity contribution < 1.29 is 14.3 Å². The van der Waals surface area contributed by atoms with Crippen molar-refractivity contribution in [2.45, 2.75) is 61.8 Å². The molecule has 0 N–H and O–H groups in total. The molecule has 0 bridgehead atoms. The van der Waals surface area contributed by atoms with E-state index in [1.165, 1.54) is 36.0 Å². The van der Waals surface area contributed by atoms with Crippen LogP contribution in [0.15, 0.2) is 27.7 Å². The summed E-state index contributed by atoms with van der Waals surface area (Å²) in [4.78, 5) is 44.4. The molecule has 1 aliphatic rings. The van der Waals surface area contributed by atoms with Gasteiger partial charge >= 0.3 is 211 Å². The molecular formula is C21H24BrClN3O4Po. The molecule has 1 aromatic carbocycles. The van der Waals surface area contributed by atoms with Crippen molar-refractivity contribution in [2.24, 2.45) is 0 Å². The third-order valence-electron chi connectivity index (χ3n) is 4.99. The Balaban J connectivity index is 1.78. The number of carbonyl (C=O) groups is 2. The van der Waals surface area contributed by atoms with E-state index in [2.05, 4.69) is 20.9 Å². The first-order chi connectivity index (χ1) is 14.5. The van der Waals surface area contributed by atoms with Crippen LogP contribution in [-0.4, -0.2) is 69.6 Å². The number of fused-ring (bicyclic) bond motifs is 1. The average molecular weight is 707 g/mol. The van der Waals surface area contributed by atoms with Crippen molar-refractivity contribution in [2.75, 3.05) is 6.54 Å². The van der Waals surface area contributed by atoms with Gasteiger partial charge in [-0.2, -0.15) is 0 Å². The van der Waals surface area contributed by atoms with Gasteiger partial charge in [0, 0.05) is 0 Å². The molecule has 167 valence electrons. The van der Waals surface area contributed by atoms with Gasteiger partial charge in [0.05, 0.1) is 0 Å². The van der Waals surface area contributed by atoms with E-state index in [0.29, 0.717) is 26.9 Å². The number of hydrogen-bond acceptors (Lipinski definition) is 5. The van der Waals surface area contributed by atoms with Crippen molar-refractivity contribution in [3.05, 3.63) is 38.3 Å². The van der Waals surface area contributed by atoms with Gasteiger partial charge in [-0.05, 0) is 0 Å². The molecule has 7 nitrogen and oxygen atoms in total. The number of ketones is 1. The van der Waals surface area contributed by atoms with E-state index in [1.54, 1.807) is 17.0 Å². The van der Waals surface area contributed by atoms with Crippen LogP contribution in [-0.2, 0) is 16.1 Å². The van der Waals surface area contributed by atoms with Crippen LogP contribution in [0.5, 0.6) is 0 Å². The zero-order valence-corrected chi connectivity index (χ0v) is 23.1. The summed E-state index contributed by atoms with van der Waals surface area (Å²) in [5.41, 5.74) is -0.413. The van der Waals surface area contributed by atoms with Gasteiger partial charge in [-0.1, -0.05) is 0 Å². The zero-order valence-electron chi connectivity index (χ0n) is 17.6. The topological polar surface area (TPSA) is 81.5 Å². The molecule has 2 aromatic rings. The monoisotopic (exact) mass is 705 g/mol. The fourth-order valence-electron chi connectivity index (χ4n) is 3.56. The fraction of sp³-hybridized carbons (Fsp3) is 0.524. The molecule has 31 heavy (non-hydrogen) atoms. The van der Waals surface area contributed by atoms with Gasteiger partial charge in [0.25, 0.3) is 0 Å². The van der Waals surface area contributed by atoms with Gasteiger partial charge in [0.15, 0.2) is 0 Å². The summed E-state index contributed by atoms with van der Waals surface area (Å²) in [6.07, 6.45) is 3.03. The molecule has 0 unspecified atom stereocenters. The van der Waals surface area contributed by atoms with Crippen LogP contribution in [0.4, 0.5) is 4.79 Å². The zero-order chi connectivity index (χ0) is 22.9. The van der Waals surface area contributed by atoms with Gasteiger partial charge in [0.2, 0.25) is 0 Å². The van der Waals surface area contributed by atoms with Crippen molar-refractivity contribution in [1.82, 2.24) is 14.5 Å². The summed E-state index contributed by atoms with van der Waals surface area (Å²) in [7, 11) is 0. The molecule has 1 fully saturated rings. The molecule has 0 spiro atoms. The minimum absolute atomic E-state index is 0.101. The number of amides is 1. The molecule has 1 radical (unpaired) electrons. The summed E-state index contributed by atoms with van der Waals surface area (Å²) >= 11 is 10.8. The second kappa shape index (κ2) is 9.85. The number of carbonyl (C=O) groups excluding carboxylic acids is 2. The third-order valence-corrected chi connectivity index (χ3v) is 8.33. The van der Waals surface area contributed by atoms with Crippen LogP contribution in [0, 0.1) is 0 Å². The first kappa shape index (κ1) is 24.6. The number of benzene rings is 1. The summed E-state index contributed by atoms with van der Waals surface area (Å²) in [5.74, 6) is -0.127. The Morgan fingerprint density at radius 1 is 1.35 bits per heavy atom. The number of nitrogens with zero attached hydrogens (tertiary/aromatic N) is 3. The molecule has 1 aromatic heterocycles. The van der Waals surface area contributed by atoms with Crippen LogP contribution in [0.3, 0.4) is 0 Å². The van der Waals surface area contributed by atoms with E-state index in [4.69, 9.17) is 16.3 Å². The van der Waals surface area contributed by atoms with Crippen LogP contribution in [0.25, 0.3) is 10.9 Å². The van der Waals surface area contributed by atoms with E-state index >= 15 is 0 Å². The predicted molar refractivity (Wildman–Crippen MR) is 124 cm³/mol. The number of aromatic nitrogens is 2. The number of hydrogen-bond donors (Lipinski definition) is 0. The molecule has 1 amide bonds. The van der Waals surface area contributed by atoms with Gasteiger partial charge < -0.3 is 0 Å². The quantitative estimate of drug-likeness (QED) is 0.478. The van der Waals surface area contributed by atoms with Crippen LogP contribution in [0.1, 0.15) is 40.0 Å². The van der Waals surface area contributed by atoms with E-state index < -0.39 is 5.60 Å². The SMILES string of the molecule is CC(C)(C)OC(=O)N1CCC[C@H]([Po])[C@H]1CC(=O)Cn1cnc2cc(Br)c(Cl)cc2c1=O. The number of ether oxygens (including phenoxy) is 1. The minimum atomic E-state index is -0.598. The Labute approximate surface area is 209 Å². The maximum atomic E-state index is 12.9. The van der Waals surface area contributed by atoms with Gasteiger partial charge in [-0.15, -0.1) is 0 Å². The number of piperidine rings is 1. The summed E-state index contributed by atoms with van der Waals surface area (Å²) in [5, 5.41) is 0.761. The third kappa shape index (κ3) is 6.06. The second-order valence-corrected chi connectivity index (χ2v) is 12.2. The van der Waals surface area contributed by atoms with Crippen molar-refractivity contribution in [1.29, 1.82) is 0 Å². The Morgan fingerprint density at radius 3 is 2.74 bits per heavy atom. The molecule has 1 saturated heterocycles. The van der Waals surface area contributed by atoms with Crippen molar-refractivity contribution >= 4 is 75.4 Å². The molecular weight excluding hydrogens is 683 g/mol. The van der Waals surface area contributed by atoms with E-state index in [1.807, 2.05) is 20.8 Å². The van der Waals surface area contributed by atoms with Gasteiger partial charge in [0.1, 0.15) is 0 Å². The average Bonchev–Trinajstić information content (AvgIpc) is 2.66. The number of Topliss-reactive ketones (excluding diaryl/α,β-unsaturated/α-hetero) is 1. The predicted octanol–water partition coefficient (Wildman–Crippen LogP) is 4.13. The molecule has 3 rings (SSSR count). The summed E-state index contributed by atoms with van der Waals surface area (Å²) in [6, 6.07) is 3.01. The van der Waals surface area contributed by atoms with Gasteiger partial charge in [-0.3, -0.25) is 0 Å². The van der Waals surface area contributed by atoms with Crippen LogP contribution < -0.4 is 5.56 Å². The van der Waals surface area contributed by atoms with Crippen LogP contribution >= 0.6 is 27.5 Å². The normalized spacial score (nSPS) is 19.5. The fourth-order valence-corrected chi connectivity index (χ4v) is 5.65. The molecule has 2 heterocycles. The molecule has 10 heteroatoms. The molecule has 0 aliphatic carbocycles. The van der Waals surface area contributed by atoms with E-state index in [9.17, 15) is 14.4 Å². The number of halogens is 2. The summed E-state index contributed by atoms with van der Waals surface area (Å²) < 4.78 is 7.74. The van der Waals surface area contributed by atoms with Crippen molar-refractivity contribution in [3.63, 3.8) is 0 Å². The van der Waals surface area contributed by atoms with E-state index in [0.717, 1.165) is 12.8 Å². The Hall–Kier alpha value is -1.03. The Morgan fingerprint density at radius 2 is 2.06 bits per heavy atom. The Kier molecular flexibility index (Phi) is 7.82. The first-order valence-electron chi connectivity index (χ1n) is 9.97.